The Bertz CT molecular complexity index is 1320. The summed E-state index contributed by atoms with van der Waals surface area (Å²) < 4.78 is 17.0. The van der Waals surface area contributed by atoms with Crippen LogP contribution in [-0.2, 0) is 28.6 Å². The predicted molar refractivity (Wildman–Crippen MR) is 344 cm³/mol. The van der Waals surface area contributed by atoms with Crippen molar-refractivity contribution >= 4 is 17.9 Å². The molecule has 0 radical (unpaired) electrons. The largest absolute Gasteiger partial charge is 0.462 e. The first-order chi connectivity index (χ1) is 39.0. The fourth-order valence-corrected chi connectivity index (χ4v) is 10.8. The molecule has 0 aliphatic carbocycles. The van der Waals surface area contributed by atoms with Crippen LogP contribution in [0.1, 0.15) is 393 Å². The van der Waals surface area contributed by atoms with Gasteiger partial charge in [-0.2, -0.15) is 0 Å². The molecule has 0 saturated carbocycles. The summed E-state index contributed by atoms with van der Waals surface area (Å²) in [6, 6.07) is 0. The number of esters is 3. The van der Waals surface area contributed by atoms with Crippen molar-refractivity contribution in [2.24, 2.45) is 0 Å². The fourth-order valence-electron chi connectivity index (χ4n) is 10.8. The zero-order chi connectivity index (χ0) is 57.1. The summed E-state index contributed by atoms with van der Waals surface area (Å²) in [4.78, 5) is 38.3. The second-order valence-electron chi connectivity index (χ2n) is 24.1. The first kappa shape index (κ1) is 76.6. The second kappa shape index (κ2) is 68.1. The van der Waals surface area contributed by atoms with Gasteiger partial charge in [-0.05, 0) is 77.0 Å². The van der Waals surface area contributed by atoms with Crippen LogP contribution >= 0.6 is 0 Å². The average Bonchev–Trinajstić information content (AvgIpc) is 3.45. The van der Waals surface area contributed by atoms with Crippen LogP contribution in [0.25, 0.3) is 0 Å². The van der Waals surface area contributed by atoms with Gasteiger partial charge in [-0.3, -0.25) is 14.4 Å². The lowest BCUT2D eigenvalue weighted by molar-refractivity contribution is -0.167. The molecule has 0 aromatic carbocycles. The van der Waals surface area contributed by atoms with Crippen molar-refractivity contribution in [1.29, 1.82) is 0 Å². The summed E-state index contributed by atoms with van der Waals surface area (Å²) in [7, 11) is 0. The molecule has 464 valence electrons. The van der Waals surface area contributed by atoms with E-state index in [4.69, 9.17) is 14.2 Å². The molecule has 0 heterocycles. The Hall–Kier alpha value is -2.37. The van der Waals surface area contributed by atoms with Gasteiger partial charge in [0, 0.05) is 19.3 Å². The zero-order valence-electron chi connectivity index (χ0n) is 53.4. The summed E-state index contributed by atoms with van der Waals surface area (Å²) in [6.45, 7) is 6.67. The van der Waals surface area contributed by atoms with Gasteiger partial charge in [-0.25, -0.2) is 0 Å². The Morgan fingerprint density at radius 1 is 0.253 bits per heavy atom. The van der Waals surface area contributed by atoms with Crippen LogP contribution in [0.2, 0.25) is 0 Å². The quantitative estimate of drug-likeness (QED) is 0.0261. The Morgan fingerprint density at radius 3 is 0.734 bits per heavy atom. The molecule has 0 rings (SSSR count). The maximum atomic E-state index is 12.9. The minimum absolute atomic E-state index is 0.0683. The molecule has 0 fully saturated rings. The van der Waals surface area contributed by atoms with Crippen molar-refractivity contribution in [3.8, 4) is 0 Å². The second-order valence-corrected chi connectivity index (χ2v) is 24.1. The Morgan fingerprint density at radius 2 is 0.456 bits per heavy atom. The van der Waals surface area contributed by atoms with Crippen molar-refractivity contribution in [2.75, 3.05) is 13.2 Å². The number of hydrogen-bond acceptors (Lipinski definition) is 6. The van der Waals surface area contributed by atoms with E-state index in [1.54, 1.807) is 0 Å². The normalized spacial score (nSPS) is 12.2. The third-order valence-electron chi connectivity index (χ3n) is 16.1. The van der Waals surface area contributed by atoms with Gasteiger partial charge in [0.05, 0.1) is 0 Å². The lowest BCUT2D eigenvalue weighted by Crippen LogP contribution is -2.30. The van der Waals surface area contributed by atoms with Crippen LogP contribution in [0.15, 0.2) is 36.5 Å². The molecule has 0 spiro atoms. The van der Waals surface area contributed by atoms with Gasteiger partial charge < -0.3 is 14.2 Å². The molecule has 0 aromatic heterocycles. The van der Waals surface area contributed by atoms with Gasteiger partial charge in [0.15, 0.2) is 6.10 Å². The molecule has 0 aliphatic rings. The average molecular weight is 1110 g/mol. The summed E-state index contributed by atoms with van der Waals surface area (Å²) in [6.07, 6.45) is 84.7. The molecule has 1 unspecified atom stereocenters. The molecule has 0 bridgehead atoms. The third kappa shape index (κ3) is 66.3. The van der Waals surface area contributed by atoms with E-state index in [1.165, 1.54) is 289 Å². The first-order valence-electron chi connectivity index (χ1n) is 35.5. The standard InChI is InChI=1S/C73H136O6/c1-4-7-10-13-16-19-22-24-26-28-30-31-32-33-34-35-36-37-38-39-40-41-43-44-46-48-51-54-57-60-63-66-72(75)78-69-70(68-77-71(74)65-62-59-56-53-50-21-18-15-12-9-6-3)79-73(76)67-64-61-58-55-52-49-47-45-42-29-27-25-23-20-17-14-11-8-5-2/h17,20,25,27-28,30,70H,4-16,18-19,21-24,26,29,31-69H2,1-3H3/b20-17-,27-25-,30-28-. The van der Waals surface area contributed by atoms with Crippen molar-refractivity contribution < 1.29 is 28.6 Å². The molecule has 79 heavy (non-hydrogen) atoms. The predicted octanol–water partition coefficient (Wildman–Crippen LogP) is 24.3. The molecule has 6 nitrogen and oxygen atoms in total. The highest BCUT2D eigenvalue weighted by Crippen LogP contribution is 2.18. The minimum Gasteiger partial charge on any atom is -0.462 e. The van der Waals surface area contributed by atoms with Crippen molar-refractivity contribution in [3.63, 3.8) is 0 Å². The van der Waals surface area contributed by atoms with E-state index in [1.807, 2.05) is 0 Å². The topological polar surface area (TPSA) is 78.9 Å². The number of carbonyl (C=O) groups is 3. The Balaban J connectivity index is 4.11. The molecule has 1 atom stereocenters. The first-order valence-corrected chi connectivity index (χ1v) is 35.5. The van der Waals surface area contributed by atoms with Gasteiger partial charge in [0.25, 0.3) is 0 Å². The Kier molecular flexibility index (Phi) is 66.1. The van der Waals surface area contributed by atoms with Crippen LogP contribution in [0.3, 0.4) is 0 Å². The fraction of sp³-hybridized carbons (Fsp3) is 0.877. The van der Waals surface area contributed by atoms with Crippen LogP contribution in [0.5, 0.6) is 0 Å². The highest BCUT2D eigenvalue weighted by Gasteiger charge is 2.19. The summed E-state index contributed by atoms with van der Waals surface area (Å²) >= 11 is 0. The van der Waals surface area contributed by atoms with E-state index >= 15 is 0 Å². The number of allylic oxidation sites excluding steroid dienone is 6. The lowest BCUT2D eigenvalue weighted by atomic mass is 10.0. The molecular formula is C73H136O6. The summed E-state index contributed by atoms with van der Waals surface area (Å²) in [5, 5.41) is 0. The van der Waals surface area contributed by atoms with Gasteiger partial charge in [-0.1, -0.05) is 333 Å². The van der Waals surface area contributed by atoms with Gasteiger partial charge in [0.2, 0.25) is 0 Å². The number of ether oxygens (including phenoxy) is 3. The molecular weight excluding hydrogens is 973 g/mol. The Labute approximate surface area is 493 Å². The molecule has 0 aromatic rings. The van der Waals surface area contributed by atoms with Crippen molar-refractivity contribution in [2.45, 2.75) is 399 Å². The monoisotopic (exact) mass is 1110 g/mol. The van der Waals surface area contributed by atoms with E-state index in [2.05, 4.69) is 57.2 Å². The highest BCUT2D eigenvalue weighted by molar-refractivity contribution is 5.71. The summed E-state index contributed by atoms with van der Waals surface area (Å²) in [5.74, 6) is -0.846. The highest BCUT2D eigenvalue weighted by atomic mass is 16.6. The van der Waals surface area contributed by atoms with Crippen molar-refractivity contribution in [1.82, 2.24) is 0 Å². The smallest absolute Gasteiger partial charge is 0.306 e. The number of carbonyl (C=O) groups excluding carboxylic acids is 3. The molecule has 6 heteroatoms. The zero-order valence-corrected chi connectivity index (χ0v) is 53.4. The van der Waals surface area contributed by atoms with E-state index in [0.717, 1.165) is 64.2 Å². The molecule has 0 saturated heterocycles. The SMILES string of the molecule is CCCCC/C=C\C/C=C\CCCCCCCCCCCC(=O)OC(COC(=O)CCCCCCCCCCCCC)COC(=O)CCCCCCCCCCCCCCCCCCCCC/C=C\CCCCCCCCCC. The van der Waals surface area contributed by atoms with Crippen LogP contribution < -0.4 is 0 Å². The van der Waals surface area contributed by atoms with Crippen LogP contribution in [-0.4, -0.2) is 37.2 Å². The van der Waals surface area contributed by atoms with E-state index in [0.29, 0.717) is 19.3 Å². The van der Waals surface area contributed by atoms with Gasteiger partial charge in [-0.15, -0.1) is 0 Å². The van der Waals surface area contributed by atoms with Gasteiger partial charge >= 0.3 is 17.9 Å². The van der Waals surface area contributed by atoms with Crippen molar-refractivity contribution in [3.05, 3.63) is 36.5 Å². The third-order valence-corrected chi connectivity index (χ3v) is 16.1. The molecule has 0 amide bonds. The summed E-state index contributed by atoms with van der Waals surface area (Å²) in [5.41, 5.74) is 0. The molecule has 0 aliphatic heterocycles. The number of unbranched alkanes of at least 4 members (excludes halogenated alkanes) is 49. The minimum atomic E-state index is -0.771. The maximum absolute atomic E-state index is 12.9. The molecule has 0 N–H and O–H groups in total. The van der Waals surface area contributed by atoms with E-state index in [-0.39, 0.29) is 31.1 Å². The number of hydrogen-bond donors (Lipinski definition) is 0. The van der Waals surface area contributed by atoms with Crippen LogP contribution in [0.4, 0.5) is 0 Å². The van der Waals surface area contributed by atoms with Crippen LogP contribution in [0, 0.1) is 0 Å². The maximum Gasteiger partial charge on any atom is 0.306 e. The lowest BCUT2D eigenvalue weighted by Gasteiger charge is -2.18. The van der Waals surface area contributed by atoms with E-state index < -0.39 is 6.10 Å². The number of rotatable bonds is 66. The van der Waals surface area contributed by atoms with E-state index in [9.17, 15) is 14.4 Å². The van der Waals surface area contributed by atoms with Gasteiger partial charge in [0.1, 0.15) is 13.2 Å².